The van der Waals surface area contributed by atoms with Crippen LogP contribution in [0.25, 0.3) is 0 Å². The Labute approximate surface area is 77.8 Å². The summed E-state index contributed by atoms with van der Waals surface area (Å²) >= 11 is 0. The van der Waals surface area contributed by atoms with Crippen LogP contribution in [0.1, 0.15) is 25.2 Å². The fourth-order valence-electron chi connectivity index (χ4n) is 1.45. The van der Waals surface area contributed by atoms with Crippen molar-refractivity contribution in [1.29, 1.82) is 0 Å². The number of hydrogen-bond donors (Lipinski definition) is 2. The Kier molecular flexibility index (Phi) is 2.38. The second-order valence-corrected chi connectivity index (χ2v) is 3.76. The molecule has 1 aromatic heterocycles. The zero-order valence-corrected chi connectivity index (χ0v) is 7.73. The summed E-state index contributed by atoms with van der Waals surface area (Å²) in [5.74, 6) is 1.41. The van der Waals surface area contributed by atoms with Crippen LogP contribution >= 0.6 is 0 Å². The van der Waals surface area contributed by atoms with Gasteiger partial charge in [0.2, 0.25) is 0 Å². The molecule has 0 spiro atoms. The summed E-state index contributed by atoms with van der Waals surface area (Å²) < 4.78 is 5.08. The zero-order chi connectivity index (χ0) is 9.26. The van der Waals surface area contributed by atoms with Crippen molar-refractivity contribution in [3.63, 3.8) is 0 Å². The number of aliphatic hydroxyl groups is 1. The molecule has 3 unspecified atom stereocenters. The quantitative estimate of drug-likeness (QED) is 0.736. The van der Waals surface area contributed by atoms with Gasteiger partial charge in [-0.2, -0.15) is 0 Å². The third-order valence-electron chi connectivity index (χ3n) is 2.55. The maximum Gasteiger partial charge on any atom is 0.133 e. The Morgan fingerprint density at radius 2 is 2.54 bits per heavy atom. The molecule has 72 valence electrons. The topological polar surface area (TPSA) is 45.4 Å². The van der Waals surface area contributed by atoms with E-state index in [2.05, 4.69) is 12.2 Å². The lowest BCUT2D eigenvalue weighted by atomic mass is 10.2. The second-order valence-electron chi connectivity index (χ2n) is 3.76. The van der Waals surface area contributed by atoms with Gasteiger partial charge in [-0.3, -0.25) is 0 Å². The molecule has 1 heterocycles. The molecule has 0 radical (unpaired) electrons. The van der Waals surface area contributed by atoms with Gasteiger partial charge in [0.15, 0.2) is 0 Å². The Balaban J connectivity index is 1.76. The Morgan fingerprint density at radius 3 is 3.08 bits per heavy atom. The summed E-state index contributed by atoms with van der Waals surface area (Å²) in [6, 6.07) is 4.19. The third kappa shape index (κ3) is 2.11. The van der Waals surface area contributed by atoms with Crippen molar-refractivity contribution in [2.45, 2.75) is 25.5 Å². The van der Waals surface area contributed by atoms with Crippen LogP contribution in [0.5, 0.6) is 0 Å². The third-order valence-corrected chi connectivity index (χ3v) is 2.55. The van der Waals surface area contributed by atoms with E-state index in [4.69, 9.17) is 4.42 Å². The van der Waals surface area contributed by atoms with E-state index < -0.39 is 6.10 Å². The first-order chi connectivity index (χ1) is 6.27. The van der Waals surface area contributed by atoms with Gasteiger partial charge in [-0.25, -0.2) is 0 Å². The van der Waals surface area contributed by atoms with Crippen LogP contribution in [0.3, 0.4) is 0 Å². The average Bonchev–Trinajstić information content (AvgIpc) is 2.67. The van der Waals surface area contributed by atoms with Crippen LogP contribution in [0.2, 0.25) is 0 Å². The standard InChI is InChI=1S/C10H15NO2/c1-7-5-8(7)11-6-9(12)10-3-2-4-13-10/h2-4,7-9,11-12H,5-6H2,1H3. The highest BCUT2D eigenvalue weighted by Crippen LogP contribution is 2.29. The molecule has 1 saturated carbocycles. The van der Waals surface area contributed by atoms with Crippen molar-refractivity contribution in [2.75, 3.05) is 6.54 Å². The molecule has 0 aromatic carbocycles. The predicted octanol–water partition coefficient (Wildman–Crippen LogP) is 1.31. The maximum absolute atomic E-state index is 9.62. The average molecular weight is 181 g/mol. The van der Waals surface area contributed by atoms with E-state index in [-0.39, 0.29) is 0 Å². The fourth-order valence-corrected chi connectivity index (χ4v) is 1.45. The Hall–Kier alpha value is -0.800. The van der Waals surface area contributed by atoms with Crippen molar-refractivity contribution in [1.82, 2.24) is 5.32 Å². The molecule has 3 heteroatoms. The van der Waals surface area contributed by atoms with Crippen molar-refractivity contribution in [2.24, 2.45) is 5.92 Å². The van der Waals surface area contributed by atoms with Gasteiger partial charge >= 0.3 is 0 Å². The number of rotatable bonds is 4. The minimum atomic E-state index is -0.511. The van der Waals surface area contributed by atoms with E-state index in [1.54, 1.807) is 18.4 Å². The molecule has 1 aromatic rings. The lowest BCUT2D eigenvalue weighted by Gasteiger charge is -2.08. The van der Waals surface area contributed by atoms with Crippen LogP contribution in [-0.2, 0) is 0 Å². The highest BCUT2D eigenvalue weighted by Gasteiger charge is 2.32. The predicted molar refractivity (Wildman–Crippen MR) is 49.2 cm³/mol. The fraction of sp³-hybridized carbons (Fsp3) is 0.600. The van der Waals surface area contributed by atoms with Gasteiger partial charge in [-0.1, -0.05) is 6.92 Å². The largest absolute Gasteiger partial charge is 0.467 e. The van der Waals surface area contributed by atoms with Gasteiger partial charge in [0, 0.05) is 12.6 Å². The van der Waals surface area contributed by atoms with Crippen LogP contribution in [0, 0.1) is 5.92 Å². The van der Waals surface area contributed by atoms with Crippen LogP contribution in [0.4, 0.5) is 0 Å². The molecule has 1 aliphatic rings. The molecule has 2 N–H and O–H groups in total. The molecule has 13 heavy (non-hydrogen) atoms. The molecule has 1 fully saturated rings. The minimum absolute atomic E-state index is 0.511. The van der Waals surface area contributed by atoms with Gasteiger partial charge in [0.1, 0.15) is 11.9 Å². The molecule has 0 amide bonds. The number of furan rings is 1. The molecule has 0 bridgehead atoms. The highest BCUT2D eigenvalue weighted by atomic mass is 16.4. The Bertz CT molecular complexity index is 258. The summed E-state index contributed by atoms with van der Waals surface area (Å²) in [7, 11) is 0. The minimum Gasteiger partial charge on any atom is -0.467 e. The van der Waals surface area contributed by atoms with Crippen LogP contribution in [0.15, 0.2) is 22.8 Å². The van der Waals surface area contributed by atoms with Gasteiger partial charge in [0.25, 0.3) is 0 Å². The second kappa shape index (κ2) is 3.52. The van der Waals surface area contributed by atoms with Crippen molar-refractivity contribution >= 4 is 0 Å². The number of nitrogens with one attached hydrogen (secondary N) is 1. The van der Waals surface area contributed by atoms with E-state index >= 15 is 0 Å². The molecule has 0 aliphatic heterocycles. The molecule has 3 atom stereocenters. The van der Waals surface area contributed by atoms with Crippen molar-refractivity contribution in [3.05, 3.63) is 24.2 Å². The number of aliphatic hydroxyl groups excluding tert-OH is 1. The SMILES string of the molecule is CC1CC1NCC(O)c1ccco1. The Morgan fingerprint density at radius 1 is 1.77 bits per heavy atom. The molecule has 2 rings (SSSR count). The van der Waals surface area contributed by atoms with E-state index in [1.807, 2.05) is 0 Å². The van der Waals surface area contributed by atoms with Gasteiger partial charge in [-0.15, -0.1) is 0 Å². The smallest absolute Gasteiger partial charge is 0.133 e. The molecule has 3 nitrogen and oxygen atoms in total. The van der Waals surface area contributed by atoms with Crippen molar-refractivity contribution in [3.8, 4) is 0 Å². The van der Waals surface area contributed by atoms with E-state index in [0.717, 1.165) is 5.92 Å². The van der Waals surface area contributed by atoms with Crippen LogP contribution < -0.4 is 5.32 Å². The van der Waals surface area contributed by atoms with Gasteiger partial charge < -0.3 is 14.8 Å². The first kappa shape index (κ1) is 8.78. The first-order valence-corrected chi connectivity index (χ1v) is 4.72. The zero-order valence-electron chi connectivity index (χ0n) is 7.73. The normalized spacial score (nSPS) is 28.8. The lowest BCUT2D eigenvalue weighted by Crippen LogP contribution is -2.24. The monoisotopic (exact) mass is 181 g/mol. The summed E-state index contributed by atoms with van der Waals surface area (Å²) in [6.07, 6.45) is 2.30. The van der Waals surface area contributed by atoms with Crippen LogP contribution in [-0.4, -0.2) is 17.7 Å². The van der Waals surface area contributed by atoms with E-state index in [0.29, 0.717) is 18.3 Å². The summed E-state index contributed by atoms with van der Waals surface area (Å²) in [6.45, 7) is 2.79. The molecule has 0 saturated heterocycles. The molecular weight excluding hydrogens is 166 g/mol. The highest BCUT2D eigenvalue weighted by molar-refractivity contribution is 5.03. The molecule has 1 aliphatic carbocycles. The molecular formula is C10H15NO2. The first-order valence-electron chi connectivity index (χ1n) is 4.72. The summed E-state index contributed by atoms with van der Waals surface area (Å²) in [5.41, 5.74) is 0. The summed E-state index contributed by atoms with van der Waals surface area (Å²) in [4.78, 5) is 0. The maximum atomic E-state index is 9.62. The number of hydrogen-bond acceptors (Lipinski definition) is 3. The van der Waals surface area contributed by atoms with Crippen molar-refractivity contribution < 1.29 is 9.52 Å². The summed E-state index contributed by atoms with van der Waals surface area (Å²) in [5, 5.41) is 12.9. The van der Waals surface area contributed by atoms with E-state index in [9.17, 15) is 5.11 Å². The van der Waals surface area contributed by atoms with Gasteiger partial charge in [-0.05, 0) is 24.5 Å². The van der Waals surface area contributed by atoms with E-state index in [1.165, 1.54) is 6.42 Å². The van der Waals surface area contributed by atoms with Gasteiger partial charge in [0.05, 0.1) is 6.26 Å². The lowest BCUT2D eigenvalue weighted by molar-refractivity contribution is 0.146.